The van der Waals surface area contributed by atoms with Crippen molar-refractivity contribution in [2.75, 3.05) is 5.73 Å². The molecule has 1 aliphatic heterocycles. The number of nitrogens with zero attached hydrogens (tertiary/aromatic N) is 2. The Morgan fingerprint density at radius 1 is 1.29 bits per heavy atom. The number of nitrogens with one attached hydrogen (secondary N) is 1. The number of aromatic nitrogens is 2. The van der Waals surface area contributed by atoms with Gasteiger partial charge in [0.25, 0.3) is 12.3 Å². The Labute approximate surface area is 178 Å². The number of hydrogen-bond acceptors (Lipinski definition) is 5. The van der Waals surface area contributed by atoms with Gasteiger partial charge in [-0.25, -0.2) is 22.5 Å². The molecule has 31 heavy (non-hydrogen) atoms. The molecule has 0 saturated heterocycles. The van der Waals surface area contributed by atoms with E-state index < -0.39 is 47.8 Å². The lowest BCUT2D eigenvalue weighted by atomic mass is 9.95. The molecule has 3 aromatic rings. The Bertz CT molecular complexity index is 1300. The van der Waals surface area contributed by atoms with E-state index in [1.54, 1.807) is 0 Å². The zero-order valence-electron chi connectivity index (χ0n) is 15.4. The molecular formula is C18H13BClF3N4O4. The van der Waals surface area contributed by atoms with Crippen LogP contribution in [-0.2, 0) is 12.4 Å². The van der Waals surface area contributed by atoms with Gasteiger partial charge in [-0.15, -0.1) is 0 Å². The maximum atomic E-state index is 13.8. The van der Waals surface area contributed by atoms with Gasteiger partial charge in [-0.2, -0.15) is 0 Å². The van der Waals surface area contributed by atoms with Crippen LogP contribution in [0.15, 0.2) is 29.1 Å². The molecule has 4 rings (SSSR count). The van der Waals surface area contributed by atoms with E-state index in [0.717, 1.165) is 18.2 Å². The van der Waals surface area contributed by atoms with Gasteiger partial charge < -0.3 is 21.3 Å². The van der Waals surface area contributed by atoms with Gasteiger partial charge in [0.2, 0.25) is 0 Å². The maximum Gasteiger partial charge on any atom is 0.332 e. The van der Waals surface area contributed by atoms with Crippen LogP contribution in [0.2, 0.25) is 5.02 Å². The molecule has 8 nitrogen and oxygen atoms in total. The van der Waals surface area contributed by atoms with Gasteiger partial charge in [-0.1, -0.05) is 11.6 Å². The molecule has 1 amide bonds. The topological polar surface area (TPSA) is 123 Å². The maximum absolute atomic E-state index is 13.8. The van der Waals surface area contributed by atoms with Crippen LogP contribution >= 0.6 is 11.6 Å². The molecular weight excluding hydrogens is 439 g/mol. The van der Waals surface area contributed by atoms with Gasteiger partial charge in [0.15, 0.2) is 13.7 Å². The van der Waals surface area contributed by atoms with E-state index in [2.05, 4.69) is 5.32 Å². The van der Waals surface area contributed by atoms with Gasteiger partial charge in [0.05, 0.1) is 29.2 Å². The molecule has 0 fully saturated rings. The summed E-state index contributed by atoms with van der Waals surface area (Å²) >= 11 is 6.15. The van der Waals surface area contributed by atoms with Crippen molar-refractivity contribution in [3.8, 4) is 0 Å². The fraction of sp³-hybridized carbons (Fsp3) is 0.222. The highest BCUT2D eigenvalue weighted by atomic mass is 35.5. The number of rotatable bonds is 4. The van der Waals surface area contributed by atoms with Gasteiger partial charge in [0.1, 0.15) is 5.82 Å². The molecule has 1 aromatic heterocycles. The van der Waals surface area contributed by atoms with Crippen LogP contribution in [0.25, 0.3) is 11.0 Å². The summed E-state index contributed by atoms with van der Waals surface area (Å²) in [5.74, 6) is -4.79. The van der Waals surface area contributed by atoms with Crippen molar-refractivity contribution in [1.29, 1.82) is 0 Å². The number of benzene rings is 2. The second-order valence-corrected chi connectivity index (χ2v) is 7.41. The van der Waals surface area contributed by atoms with Crippen LogP contribution in [0.5, 0.6) is 0 Å². The quantitative estimate of drug-likeness (QED) is 0.267. The Kier molecular flexibility index (Phi) is 4.83. The SMILES string of the molecule is [B]C(O)(O)n1c(=O)n(CC(F)F)c2cc(N)c3c(c21)C(=O)NC3c1cc(F)ccc1Cl. The molecule has 2 heterocycles. The van der Waals surface area contributed by atoms with E-state index in [-0.39, 0.29) is 37.5 Å². The predicted octanol–water partition coefficient (Wildman–Crippen LogP) is 0.997. The Morgan fingerprint density at radius 3 is 2.58 bits per heavy atom. The molecule has 0 saturated carbocycles. The summed E-state index contributed by atoms with van der Waals surface area (Å²) in [5.41, 5.74) is 3.91. The normalized spacial score (nSPS) is 16.2. The first-order valence-corrected chi connectivity index (χ1v) is 9.15. The second kappa shape index (κ2) is 7.04. The standard InChI is InChI=1S/C18H13BClF3N4O4/c19-18(30,31)27-15-10(26(17(27)29)5-11(22)23)4-9(24)12-13(15)16(28)25-14(12)7-3-6(21)1-2-8(7)20/h1-4,11,14,30-31H,5,24H2,(H,25,28). The lowest BCUT2D eigenvalue weighted by Gasteiger charge is -2.20. The monoisotopic (exact) mass is 452 g/mol. The Hall–Kier alpha value is -2.96. The lowest BCUT2D eigenvalue weighted by molar-refractivity contribution is -0.151. The van der Waals surface area contributed by atoms with Crippen molar-refractivity contribution in [1.82, 2.24) is 14.5 Å². The van der Waals surface area contributed by atoms with Crippen LogP contribution in [0.4, 0.5) is 18.9 Å². The van der Waals surface area contributed by atoms with Crippen LogP contribution in [0.3, 0.4) is 0 Å². The van der Waals surface area contributed by atoms with Gasteiger partial charge in [-0.3, -0.25) is 9.36 Å². The highest BCUT2D eigenvalue weighted by Crippen LogP contribution is 2.42. The fourth-order valence-corrected chi connectivity index (χ4v) is 4.08. The highest BCUT2D eigenvalue weighted by molar-refractivity contribution is 6.31. The van der Waals surface area contributed by atoms with Crippen LogP contribution < -0.4 is 16.7 Å². The van der Waals surface area contributed by atoms with E-state index in [9.17, 15) is 33.0 Å². The minimum Gasteiger partial charge on any atom is -0.398 e. The number of hydrogen-bond donors (Lipinski definition) is 4. The molecule has 2 radical (unpaired) electrons. The van der Waals surface area contributed by atoms with Crippen molar-refractivity contribution in [3.63, 3.8) is 0 Å². The molecule has 0 aliphatic carbocycles. The summed E-state index contributed by atoms with van der Waals surface area (Å²) in [6, 6.07) is 3.53. The third-order valence-electron chi connectivity index (χ3n) is 5.00. The van der Waals surface area contributed by atoms with Crippen molar-refractivity contribution in [2.24, 2.45) is 0 Å². The minimum absolute atomic E-state index is 0.0530. The third-order valence-corrected chi connectivity index (χ3v) is 5.34. The molecule has 5 N–H and O–H groups in total. The van der Waals surface area contributed by atoms with Crippen molar-refractivity contribution >= 4 is 42.1 Å². The van der Waals surface area contributed by atoms with Crippen LogP contribution in [0.1, 0.15) is 27.5 Å². The molecule has 1 atom stereocenters. The second-order valence-electron chi connectivity index (χ2n) is 7.00. The number of halogens is 4. The zero-order chi connectivity index (χ0) is 22.8. The number of nitrogen functional groups attached to an aromatic ring is 1. The molecule has 0 bridgehead atoms. The number of alkyl halides is 2. The van der Waals surface area contributed by atoms with E-state index in [1.807, 2.05) is 0 Å². The summed E-state index contributed by atoms with van der Waals surface area (Å²) in [7, 11) is 5.27. The van der Waals surface area contributed by atoms with Crippen LogP contribution in [-0.4, -0.2) is 39.5 Å². The first kappa shape index (κ1) is 21.3. The average Bonchev–Trinajstić information content (AvgIpc) is 3.13. The molecule has 1 unspecified atom stereocenters. The number of anilines is 1. The molecule has 2 aromatic carbocycles. The number of aliphatic hydroxyl groups is 2. The van der Waals surface area contributed by atoms with Crippen LogP contribution in [0, 0.1) is 5.82 Å². The number of nitrogens with two attached hydrogens (primary N) is 1. The van der Waals surface area contributed by atoms with E-state index in [1.165, 1.54) is 6.07 Å². The van der Waals surface area contributed by atoms with Gasteiger partial charge in [0, 0.05) is 21.8 Å². The molecule has 0 spiro atoms. The summed E-state index contributed by atoms with van der Waals surface area (Å²) in [6.45, 7) is -1.11. The fourth-order valence-electron chi connectivity index (χ4n) is 3.85. The number of amides is 1. The predicted molar refractivity (Wildman–Crippen MR) is 105 cm³/mol. The first-order valence-electron chi connectivity index (χ1n) is 8.77. The number of fused-ring (bicyclic) bond motifs is 3. The zero-order valence-corrected chi connectivity index (χ0v) is 16.2. The summed E-state index contributed by atoms with van der Waals surface area (Å²) < 4.78 is 40.7. The lowest BCUT2D eigenvalue weighted by Crippen LogP contribution is -2.42. The van der Waals surface area contributed by atoms with E-state index in [0.29, 0.717) is 4.57 Å². The number of carbonyl (C=O) groups is 1. The Morgan fingerprint density at radius 2 is 1.97 bits per heavy atom. The smallest absolute Gasteiger partial charge is 0.332 e. The first-order chi connectivity index (χ1) is 14.4. The van der Waals surface area contributed by atoms with Gasteiger partial charge >= 0.3 is 5.69 Å². The van der Waals surface area contributed by atoms with Crippen molar-refractivity contribution in [3.05, 3.63) is 62.3 Å². The van der Waals surface area contributed by atoms with Crippen molar-refractivity contribution < 1.29 is 28.2 Å². The molecule has 1 aliphatic rings. The average molecular weight is 453 g/mol. The summed E-state index contributed by atoms with van der Waals surface area (Å²) in [4.78, 5) is 25.5. The number of carbonyl (C=O) groups excluding carboxylic acids is 1. The summed E-state index contributed by atoms with van der Waals surface area (Å²) in [5, 5.41) is 22.5. The Balaban J connectivity index is 2.11. The van der Waals surface area contributed by atoms with E-state index >= 15 is 0 Å². The minimum atomic E-state index is -3.32. The van der Waals surface area contributed by atoms with Crippen molar-refractivity contribution in [2.45, 2.75) is 24.8 Å². The molecule has 13 heteroatoms. The van der Waals surface area contributed by atoms with Gasteiger partial charge in [-0.05, 0) is 24.3 Å². The number of imidazole rings is 1. The summed E-state index contributed by atoms with van der Waals surface area (Å²) in [6.07, 6.45) is -2.98. The largest absolute Gasteiger partial charge is 0.398 e. The van der Waals surface area contributed by atoms with E-state index in [4.69, 9.17) is 25.2 Å². The highest BCUT2D eigenvalue weighted by Gasteiger charge is 2.39. The molecule has 160 valence electrons. The third kappa shape index (κ3) is 3.27.